The summed E-state index contributed by atoms with van der Waals surface area (Å²) in [4.78, 5) is 25.8. The van der Waals surface area contributed by atoms with Gasteiger partial charge in [0.1, 0.15) is 0 Å². The quantitative estimate of drug-likeness (QED) is 0.663. The number of nitrogens with one attached hydrogen (secondary N) is 1. The van der Waals surface area contributed by atoms with Gasteiger partial charge in [-0.2, -0.15) is 0 Å². The lowest BCUT2D eigenvalue weighted by Crippen LogP contribution is -2.42. The van der Waals surface area contributed by atoms with Gasteiger partial charge in [0.15, 0.2) is 15.0 Å². The molecule has 0 spiro atoms. The van der Waals surface area contributed by atoms with E-state index in [9.17, 15) is 18.0 Å². The zero-order chi connectivity index (χ0) is 17.7. The van der Waals surface area contributed by atoms with Crippen molar-refractivity contribution in [1.29, 1.82) is 0 Å². The first-order chi connectivity index (χ1) is 11.4. The Hall–Kier alpha value is -1.29. The van der Waals surface area contributed by atoms with Gasteiger partial charge in [0.25, 0.3) is 0 Å². The average molecular weight is 377 g/mol. The van der Waals surface area contributed by atoms with Gasteiger partial charge in [0.2, 0.25) is 5.91 Å². The van der Waals surface area contributed by atoms with Crippen LogP contribution in [0.3, 0.4) is 0 Å². The molecule has 0 radical (unpaired) electrons. The lowest BCUT2D eigenvalue weighted by atomic mass is 10.2. The molecule has 0 aromatic carbocycles. The minimum atomic E-state index is -3.03. The average Bonchev–Trinajstić information content (AvgIpc) is 3.06. The van der Waals surface area contributed by atoms with Crippen LogP contribution in [0.4, 0.5) is 0 Å². The number of hydrogen-bond donors (Lipinski definition) is 1. The summed E-state index contributed by atoms with van der Waals surface area (Å²) in [5.41, 5.74) is -0.271. The number of H-pyrrole nitrogens is 1. The summed E-state index contributed by atoms with van der Waals surface area (Å²) in [6.07, 6.45) is 2.32. The molecule has 1 fully saturated rings. The van der Waals surface area contributed by atoms with E-state index in [0.717, 1.165) is 12.8 Å². The number of carbonyl (C=O) groups is 1. The third-order valence-electron chi connectivity index (χ3n) is 4.09. The number of thioether (sulfide) groups is 1. The largest absolute Gasteiger partial charge is 0.343 e. The molecule has 1 unspecified atom stereocenters. The van der Waals surface area contributed by atoms with Gasteiger partial charge in [0, 0.05) is 19.1 Å². The topological polar surface area (TPSA) is 105 Å². The Morgan fingerprint density at radius 3 is 2.79 bits per heavy atom. The number of aromatic nitrogens is 3. The van der Waals surface area contributed by atoms with E-state index >= 15 is 0 Å². The van der Waals surface area contributed by atoms with Crippen LogP contribution < -0.4 is 5.69 Å². The first-order valence-electron chi connectivity index (χ1n) is 8.15. The highest BCUT2D eigenvalue weighted by molar-refractivity contribution is 7.99. The van der Waals surface area contributed by atoms with Crippen molar-refractivity contribution in [2.75, 3.05) is 23.8 Å². The molecule has 1 aliphatic rings. The van der Waals surface area contributed by atoms with Gasteiger partial charge in [-0.05, 0) is 19.8 Å². The van der Waals surface area contributed by atoms with Crippen LogP contribution >= 0.6 is 11.8 Å². The minimum absolute atomic E-state index is 0.0425. The highest BCUT2D eigenvalue weighted by Gasteiger charge is 2.33. The number of nitrogens with zero attached hydrogens (tertiary/aromatic N) is 3. The van der Waals surface area contributed by atoms with Gasteiger partial charge in [-0.1, -0.05) is 25.1 Å². The van der Waals surface area contributed by atoms with E-state index in [-0.39, 0.29) is 34.9 Å². The minimum Gasteiger partial charge on any atom is -0.338 e. The number of carbonyl (C=O) groups excluding carboxylic acids is 1. The number of rotatable bonds is 8. The fourth-order valence-corrected chi connectivity index (χ4v) is 5.38. The normalized spacial score (nSPS) is 19.5. The summed E-state index contributed by atoms with van der Waals surface area (Å²) in [6, 6.07) is -0.241. The summed E-state index contributed by atoms with van der Waals surface area (Å²) < 4.78 is 24.8. The molecule has 1 aliphatic heterocycles. The molecule has 2 rings (SSSR count). The van der Waals surface area contributed by atoms with Crippen LogP contribution in [0.5, 0.6) is 0 Å². The van der Waals surface area contributed by atoms with E-state index < -0.39 is 9.84 Å². The number of unbranched alkanes of at least 4 members (excludes halogenated alkanes) is 1. The van der Waals surface area contributed by atoms with Crippen LogP contribution in [0.1, 0.15) is 33.1 Å². The molecule has 1 aromatic rings. The number of hydrogen-bond acceptors (Lipinski definition) is 6. The fraction of sp³-hybridized carbons (Fsp3) is 0.786. The maximum atomic E-state index is 12.5. The molecule has 24 heavy (non-hydrogen) atoms. The van der Waals surface area contributed by atoms with Gasteiger partial charge < -0.3 is 4.90 Å². The Bertz CT molecular complexity index is 725. The molecule has 1 atom stereocenters. The van der Waals surface area contributed by atoms with E-state index in [1.54, 1.807) is 4.90 Å². The third kappa shape index (κ3) is 4.62. The van der Waals surface area contributed by atoms with E-state index in [4.69, 9.17) is 0 Å². The number of sulfone groups is 1. The highest BCUT2D eigenvalue weighted by Crippen LogP contribution is 2.20. The second kappa shape index (κ2) is 8.19. The predicted molar refractivity (Wildman–Crippen MR) is 92.9 cm³/mol. The van der Waals surface area contributed by atoms with Crippen LogP contribution in [0.15, 0.2) is 9.95 Å². The van der Waals surface area contributed by atoms with E-state index in [2.05, 4.69) is 10.2 Å². The summed E-state index contributed by atoms with van der Waals surface area (Å²) in [7, 11) is -3.03. The molecule has 1 N–H and O–H groups in total. The fourth-order valence-electron chi connectivity index (χ4n) is 2.80. The Labute approximate surface area is 145 Å². The zero-order valence-corrected chi connectivity index (χ0v) is 15.7. The molecule has 0 saturated carbocycles. The second-order valence-electron chi connectivity index (χ2n) is 5.84. The lowest BCUT2D eigenvalue weighted by molar-refractivity contribution is -0.129. The van der Waals surface area contributed by atoms with Crippen molar-refractivity contribution < 1.29 is 13.2 Å². The van der Waals surface area contributed by atoms with E-state index in [1.807, 2.05) is 13.8 Å². The van der Waals surface area contributed by atoms with Gasteiger partial charge >= 0.3 is 5.69 Å². The highest BCUT2D eigenvalue weighted by atomic mass is 32.2. The summed E-state index contributed by atoms with van der Waals surface area (Å²) in [6.45, 7) is 4.93. The Balaban J connectivity index is 1.98. The summed E-state index contributed by atoms with van der Waals surface area (Å²) in [5, 5.41) is 6.88. The molecule has 136 valence electrons. The van der Waals surface area contributed by atoms with E-state index in [0.29, 0.717) is 24.7 Å². The Morgan fingerprint density at radius 1 is 1.46 bits per heavy atom. The third-order valence-corrected chi connectivity index (χ3v) is 6.80. The maximum Gasteiger partial charge on any atom is 0.343 e. The molecular weight excluding hydrogens is 352 g/mol. The SMILES string of the molecule is CCCCn1c(SCC(=O)N(CC)C2CCS(=O)(=O)C2)n[nH]c1=O. The van der Waals surface area contributed by atoms with E-state index in [1.165, 1.54) is 16.3 Å². The van der Waals surface area contributed by atoms with Crippen LogP contribution in [0.2, 0.25) is 0 Å². The number of amides is 1. The number of aromatic amines is 1. The van der Waals surface area contributed by atoms with Crippen molar-refractivity contribution in [3.63, 3.8) is 0 Å². The Morgan fingerprint density at radius 2 is 2.21 bits per heavy atom. The van der Waals surface area contributed by atoms with Crippen molar-refractivity contribution in [3.05, 3.63) is 10.5 Å². The lowest BCUT2D eigenvalue weighted by Gasteiger charge is -2.26. The molecule has 10 heteroatoms. The molecule has 8 nitrogen and oxygen atoms in total. The van der Waals surface area contributed by atoms with Gasteiger partial charge in [0.05, 0.1) is 17.3 Å². The monoisotopic (exact) mass is 376 g/mol. The van der Waals surface area contributed by atoms with Crippen molar-refractivity contribution in [1.82, 2.24) is 19.7 Å². The van der Waals surface area contributed by atoms with Crippen molar-refractivity contribution >= 4 is 27.5 Å². The second-order valence-corrected chi connectivity index (χ2v) is 9.01. The zero-order valence-electron chi connectivity index (χ0n) is 14.0. The molecule has 0 aliphatic carbocycles. The molecule has 2 heterocycles. The molecular formula is C14H24N4O4S2. The van der Waals surface area contributed by atoms with Gasteiger partial charge in [-0.3, -0.25) is 9.36 Å². The first-order valence-corrected chi connectivity index (χ1v) is 11.0. The van der Waals surface area contributed by atoms with Gasteiger partial charge in [-0.15, -0.1) is 5.10 Å². The van der Waals surface area contributed by atoms with Crippen LogP contribution in [0.25, 0.3) is 0 Å². The van der Waals surface area contributed by atoms with Crippen LogP contribution in [-0.4, -0.2) is 63.8 Å². The molecule has 1 amide bonds. The van der Waals surface area contributed by atoms with Crippen molar-refractivity contribution in [2.45, 2.75) is 50.9 Å². The summed E-state index contributed by atoms with van der Waals surface area (Å²) >= 11 is 1.21. The smallest absolute Gasteiger partial charge is 0.338 e. The van der Waals surface area contributed by atoms with Gasteiger partial charge in [-0.25, -0.2) is 18.3 Å². The Kier molecular flexibility index (Phi) is 6.50. The van der Waals surface area contributed by atoms with Crippen molar-refractivity contribution in [2.24, 2.45) is 0 Å². The molecule has 1 saturated heterocycles. The first kappa shape index (κ1) is 19.0. The predicted octanol–water partition coefficient (Wildman–Crippen LogP) is 0.499. The standard InChI is InChI=1S/C14H24N4O4S2/c1-3-5-7-18-13(20)15-16-14(18)23-9-12(19)17(4-2)11-6-8-24(21,22)10-11/h11H,3-10H2,1-2H3,(H,15,20). The maximum absolute atomic E-state index is 12.5. The van der Waals surface area contributed by atoms with Crippen molar-refractivity contribution in [3.8, 4) is 0 Å². The van der Waals surface area contributed by atoms with Crippen LogP contribution in [0, 0.1) is 0 Å². The molecule has 1 aromatic heterocycles. The summed E-state index contributed by atoms with van der Waals surface area (Å²) in [5.74, 6) is 0.203. The molecule has 0 bridgehead atoms. The van der Waals surface area contributed by atoms with Crippen LogP contribution in [-0.2, 0) is 21.2 Å².